The van der Waals surface area contributed by atoms with E-state index in [4.69, 9.17) is 25.8 Å². The van der Waals surface area contributed by atoms with Gasteiger partial charge in [0, 0.05) is 13.3 Å². The molecule has 0 saturated heterocycles. The molecule has 2 atom stereocenters. The molecule has 0 spiro atoms. The summed E-state index contributed by atoms with van der Waals surface area (Å²) in [6.07, 6.45) is 2.15. The highest BCUT2D eigenvalue weighted by molar-refractivity contribution is 5.62. The van der Waals surface area contributed by atoms with E-state index in [0.717, 1.165) is 19.8 Å². The molecule has 1 aliphatic rings. The molecule has 1 aliphatic carbocycles. The van der Waals surface area contributed by atoms with E-state index in [1.807, 2.05) is 0 Å². The lowest BCUT2D eigenvalue weighted by Crippen LogP contribution is -2.45. The van der Waals surface area contributed by atoms with Crippen molar-refractivity contribution in [3.63, 3.8) is 0 Å². The maximum atomic E-state index is 9.16. The van der Waals surface area contributed by atoms with Crippen molar-refractivity contribution in [2.24, 2.45) is 5.73 Å². The van der Waals surface area contributed by atoms with Gasteiger partial charge in [0.1, 0.15) is 5.72 Å². The van der Waals surface area contributed by atoms with Gasteiger partial charge in [-0.2, -0.15) is 0 Å². The average Bonchev–Trinajstić information content (AvgIpc) is 1.81. The van der Waals surface area contributed by atoms with Crippen LogP contribution >= 0.6 is 0 Å². The molecule has 13 heavy (non-hydrogen) atoms. The van der Waals surface area contributed by atoms with E-state index in [2.05, 4.69) is 0 Å². The Morgan fingerprint density at radius 1 is 1.62 bits per heavy atom. The first-order valence-electron chi connectivity index (χ1n) is 4.22. The van der Waals surface area contributed by atoms with Gasteiger partial charge in [-0.15, -0.1) is 0 Å². The number of hydrogen-bond donors (Lipinski definition) is 4. The predicted molar refractivity (Wildman–Crippen MR) is 46.9 cm³/mol. The number of carbonyl (C=O) groups is 1. The molecule has 0 radical (unpaired) electrons. The van der Waals surface area contributed by atoms with Gasteiger partial charge in [-0.25, -0.2) is 0 Å². The second-order valence-electron chi connectivity index (χ2n) is 3.37. The Morgan fingerprint density at radius 3 is 2.31 bits per heavy atom. The first kappa shape index (κ1) is 12.3. The third kappa shape index (κ3) is 7.70. The lowest BCUT2D eigenvalue weighted by molar-refractivity contribution is -0.134. The molecule has 5 heteroatoms. The average molecular weight is 191 g/mol. The molecule has 0 heterocycles. The highest BCUT2D eigenvalue weighted by Gasteiger charge is 2.28. The van der Waals surface area contributed by atoms with Gasteiger partial charge in [0.15, 0.2) is 0 Å². The van der Waals surface area contributed by atoms with Crippen LogP contribution in [0.2, 0.25) is 0 Å². The van der Waals surface area contributed by atoms with Crippen LogP contribution in [-0.4, -0.2) is 33.1 Å². The molecule has 0 aromatic heterocycles. The molecular formula is C8H17NO4. The van der Waals surface area contributed by atoms with Crippen molar-refractivity contribution in [2.45, 2.75) is 44.4 Å². The minimum absolute atomic E-state index is 0.326. The zero-order valence-electron chi connectivity index (χ0n) is 7.73. The molecule has 1 saturated carbocycles. The van der Waals surface area contributed by atoms with Gasteiger partial charge in [-0.1, -0.05) is 0 Å². The van der Waals surface area contributed by atoms with Gasteiger partial charge in [0.25, 0.3) is 5.97 Å². The number of carboxylic acid groups (broad SMARTS) is 1. The van der Waals surface area contributed by atoms with Gasteiger partial charge in [0.2, 0.25) is 0 Å². The number of nitrogens with two attached hydrogens (primary N) is 1. The largest absolute Gasteiger partial charge is 0.481 e. The van der Waals surface area contributed by atoms with E-state index in [0.29, 0.717) is 12.8 Å². The Morgan fingerprint density at radius 2 is 2.08 bits per heavy atom. The highest BCUT2D eigenvalue weighted by atomic mass is 16.4. The highest BCUT2D eigenvalue weighted by Crippen LogP contribution is 2.23. The third-order valence-electron chi connectivity index (χ3n) is 1.74. The molecule has 1 fully saturated rings. The van der Waals surface area contributed by atoms with E-state index >= 15 is 0 Å². The van der Waals surface area contributed by atoms with Gasteiger partial charge in [-0.3, -0.25) is 4.79 Å². The lowest BCUT2D eigenvalue weighted by Gasteiger charge is -2.30. The van der Waals surface area contributed by atoms with E-state index in [-0.39, 0.29) is 0 Å². The molecule has 0 aliphatic heterocycles. The van der Waals surface area contributed by atoms with Crippen molar-refractivity contribution in [3.05, 3.63) is 0 Å². The number of aliphatic hydroxyl groups excluding tert-OH is 1. The molecule has 0 aromatic carbocycles. The Bertz CT molecular complexity index is 166. The summed E-state index contributed by atoms with van der Waals surface area (Å²) in [6.45, 7) is 1.08. The standard InChI is InChI=1S/C6H13NO2.C2H4O2/c7-6(9)3-1-2-5(8)4-6;1-2(3)4/h5,8-9H,1-4,7H2;1H3,(H,3,4)/t5-,6+;/m1./s1. The maximum absolute atomic E-state index is 9.16. The van der Waals surface area contributed by atoms with Crippen molar-refractivity contribution >= 4 is 5.97 Å². The Kier molecular flexibility index (Phi) is 4.90. The Hall–Kier alpha value is -0.650. The normalized spacial score (nSPS) is 33.1. The number of hydrogen-bond acceptors (Lipinski definition) is 4. The first-order chi connectivity index (χ1) is 5.83. The SMILES string of the molecule is CC(=O)O.N[C@]1(O)CCC[C@@H](O)C1. The van der Waals surface area contributed by atoms with Crippen LogP contribution in [0.5, 0.6) is 0 Å². The molecule has 78 valence electrons. The molecule has 5 N–H and O–H groups in total. The van der Waals surface area contributed by atoms with E-state index in [9.17, 15) is 0 Å². The van der Waals surface area contributed by atoms with Crippen LogP contribution in [0.4, 0.5) is 0 Å². The van der Waals surface area contributed by atoms with Crippen molar-refractivity contribution < 1.29 is 20.1 Å². The third-order valence-corrected chi connectivity index (χ3v) is 1.74. The number of carboxylic acids is 1. The predicted octanol–water partition coefficient (Wildman–Crippen LogP) is -0.341. The summed E-state index contributed by atoms with van der Waals surface area (Å²) in [5.74, 6) is -0.833. The molecular weight excluding hydrogens is 174 g/mol. The van der Waals surface area contributed by atoms with Crippen LogP contribution in [0.25, 0.3) is 0 Å². The fourth-order valence-electron chi connectivity index (χ4n) is 1.26. The molecule has 0 unspecified atom stereocenters. The smallest absolute Gasteiger partial charge is 0.300 e. The van der Waals surface area contributed by atoms with Crippen LogP contribution in [0, 0.1) is 0 Å². The van der Waals surface area contributed by atoms with Crippen molar-refractivity contribution in [3.8, 4) is 0 Å². The van der Waals surface area contributed by atoms with Crippen LogP contribution in [0.1, 0.15) is 32.6 Å². The summed E-state index contributed by atoms with van der Waals surface area (Å²) in [6, 6.07) is 0. The monoisotopic (exact) mass is 191 g/mol. The Balaban J connectivity index is 0.000000310. The zero-order valence-corrected chi connectivity index (χ0v) is 7.73. The van der Waals surface area contributed by atoms with E-state index in [1.165, 1.54) is 0 Å². The van der Waals surface area contributed by atoms with E-state index < -0.39 is 17.8 Å². The molecule has 1 rings (SSSR count). The van der Waals surface area contributed by atoms with Crippen molar-refractivity contribution in [1.82, 2.24) is 0 Å². The van der Waals surface area contributed by atoms with Gasteiger partial charge in [0.05, 0.1) is 6.10 Å². The van der Waals surface area contributed by atoms with Crippen LogP contribution in [0.15, 0.2) is 0 Å². The van der Waals surface area contributed by atoms with Crippen LogP contribution in [-0.2, 0) is 4.79 Å². The maximum Gasteiger partial charge on any atom is 0.300 e. The number of aliphatic hydroxyl groups is 2. The fourth-order valence-corrected chi connectivity index (χ4v) is 1.26. The first-order valence-corrected chi connectivity index (χ1v) is 4.22. The topological polar surface area (TPSA) is 104 Å². The fraction of sp³-hybridized carbons (Fsp3) is 0.875. The van der Waals surface area contributed by atoms with Gasteiger partial charge >= 0.3 is 0 Å². The summed E-state index contributed by atoms with van der Waals surface area (Å²) >= 11 is 0. The zero-order chi connectivity index (χ0) is 10.5. The summed E-state index contributed by atoms with van der Waals surface area (Å²) in [5.41, 5.74) is 4.26. The number of aliphatic carboxylic acids is 1. The molecule has 0 aromatic rings. The van der Waals surface area contributed by atoms with Gasteiger partial charge in [-0.05, 0) is 19.3 Å². The lowest BCUT2D eigenvalue weighted by atomic mass is 9.90. The minimum atomic E-state index is -1.10. The summed E-state index contributed by atoms with van der Waals surface area (Å²) in [4.78, 5) is 9.00. The van der Waals surface area contributed by atoms with Crippen molar-refractivity contribution in [2.75, 3.05) is 0 Å². The van der Waals surface area contributed by atoms with Crippen LogP contribution in [0.3, 0.4) is 0 Å². The van der Waals surface area contributed by atoms with Gasteiger partial charge < -0.3 is 21.1 Å². The summed E-state index contributed by atoms with van der Waals surface area (Å²) < 4.78 is 0. The Labute approximate surface area is 77.2 Å². The molecule has 0 bridgehead atoms. The van der Waals surface area contributed by atoms with Crippen molar-refractivity contribution in [1.29, 1.82) is 0 Å². The van der Waals surface area contributed by atoms with Crippen LogP contribution < -0.4 is 5.73 Å². The minimum Gasteiger partial charge on any atom is -0.481 e. The number of rotatable bonds is 0. The molecule has 5 nitrogen and oxygen atoms in total. The second kappa shape index (κ2) is 5.16. The quantitative estimate of drug-likeness (QED) is 0.392. The summed E-state index contributed by atoms with van der Waals surface area (Å²) in [5, 5.41) is 25.6. The second-order valence-corrected chi connectivity index (χ2v) is 3.37. The van der Waals surface area contributed by atoms with E-state index in [1.54, 1.807) is 0 Å². The molecule has 0 amide bonds. The summed E-state index contributed by atoms with van der Waals surface area (Å²) in [7, 11) is 0.